The quantitative estimate of drug-likeness (QED) is 0.336. The highest BCUT2D eigenvalue weighted by atomic mass is 32.2. The summed E-state index contributed by atoms with van der Waals surface area (Å²) in [6, 6.07) is 22.8. The molecule has 0 bridgehead atoms. The molecule has 3 aromatic rings. The van der Waals surface area contributed by atoms with Crippen LogP contribution in [-0.2, 0) is 32.6 Å². The van der Waals surface area contributed by atoms with Gasteiger partial charge >= 0.3 is 0 Å². The zero-order chi connectivity index (χ0) is 29.3. The van der Waals surface area contributed by atoms with Crippen molar-refractivity contribution < 1.29 is 22.7 Å². The molecule has 0 heterocycles. The lowest BCUT2D eigenvalue weighted by atomic mass is 10.0. The second-order valence-corrected chi connectivity index (χ2v) is 12.2. The van der Waals surface area contributed by atoms with E-state index in [9.17, 15) is 18.0 Å². The number of ether oxygens (including phenoxy) is 1. The lowest BCUT2D eigenvalue weighted by Gasteiger charge is -2.34. The third kappa shape index (κ3) is 8.58. The second-order valence-electron chi connectivity index (χ2n) is 10.3. The molecule has 0 spiro atoms. The number of rotatable bonds is 13. The molecule has 214 valence electrons. The van der Waals surface area contributed by atoms with E-state index in [0.29, 0.717) is 18.0 Å². The normalized spacial score (nSPS) is 12.1. The van der Waals surface area contributed by atoms with Gasteiger partial charge in [-0.15, -0.1) is 0 Å². The standard InChI is InChI=1S/C31H39N3O5S/c1-23(2)20-32-31(36)29(18-25-13-7-6-8-14-25)33(21-26-15-10-9-12-24(26)3)30(35)22-34(40(5,37)38)27-16-11-17-28(19-27)39-4/h6-17,19,23,29H,18,20-22H2,1-5H3,(H,32,36)/t29-/m0/s1. The first-order valence-electron chi connectivity index (χ1n) is 13.3. The number of aryl methyl sites for hydroxylation is 1. The van der Waals surface area contributed by atoms with Crippen LogP contribution in [0.5, 0.6) is 5.75 Å². The molecule has 0 saturated carbocycles. The van der Waals surface area contributed by atoms with Crippen molar-refractivity contribution in [2.45, 2.75) is 39.8 Å². The van der Waals surface area contributed by atoms with Crippen LogP contribution in [0.25, 0.3) is 0 Å². The molecule has 3 rings (SSSR count). The summed E-state index contributed by atoms with van der Waals surface area (Å²) in [4.78, 5) is 29.3. The van der Waals surface area contributed by atoms with E-state index >= 15 is 0 Å². The fourth-order valence-corrected chi connectivity index (χ4v) is 5.17. The van der Waals surface area contributed by atoms with Crippen LogP contribution in [0.1, 0.15) is 30.5 Å². The fraction of sp³-hybridized carbons (Fsp3) is 0.355. The highest BCUT2D eigenvalue weighted by Crippen LogP contribution is 2.24. The van der Waals surface area contributed by atoms with Gasteiger partial charge in [0.05, 0.1) is 19.1 Å². The number of amides is 2. The van der Waals surface area contributed by atoms with E-state index in [4.69, 9.17) is 4.74 Å². The molecule has 9 heteroatoms. The zero-order valence-corrected chi connectivity index (χ0v) is 24.6. The average molecular weight is 566 g/mol. The summed E-state index contributed by atoms with van der Waals surface area (Å²) in [7, 11) is -2.36. The van der Waals surface area contributed by atoms with Crippen LogP contribution in [0.15, 0.2) is 78.9 Å². The van der Waals surface area contributed by atoms with E-state index in [1.54, 1.807) is 24.3 Å². The number of carbonyl (C=O) groups excluding carboxylic acids is 2. The van der Waals surface area contributed by atoms with Crippen LogP contribution in [0.2, 0.25) is 0 Å². The number of methoxy groups -OCH3 is 1. The van der Waals surface area contributed by atoms with Gasteiger partial charge in [0.15, 0.2) is 0 Å². The van der Waals surface area contributed by atoms with E-state index in [1.165, 1.54) is 12.0 Å². The van der Waals surface area contributed by atoms with Gasteiger partial charge in [-0.25, -0.2) is 8.42 Å². The number of benzene rings is 3. The third-order valence-corrected chi connectivity index (χ3v) is 7.72. The summed E-state index contributed by atoms with van der Waals surface area (Å²) in [5, 5.41) is 2.99. The number of carbonyl (C=O) groups is 2. The summed E-state index contributed by atoms with van der Waals surface area (Å²) in [6.07, 6.45) is 1.34. The Bertz CT molecular complexity index is 1390. The third-order valence-electron chi connectivity index (χ3n) is 6.58. The van der Waals surface area contributed by atoms with Crippen molar-refractivity contribution in [2.75, 3.05) is 30.8 Å². The van der Waals surface area contributed by atoms with Crippen molar-refractivity contribution in [3.63, 3.8) is 0 Å². The average Bonchev–Trinajstić information content (AvgIpc) is 2.93. The zero-order valence-electron chi connectivity index (χ0n) is 23.8. The molecule has 1 atom stereocenters. The molecule has 0 aliphatic carbocycles. The molecule has 1 N–H and O–H groups in total. The Morgan fingerprint density at radius 1 is 0.950 bits per heavy atom. The molecule has 0 saturated heterocycles. The highest BCUT2D eigenvalue weighted by Gasteiger charge is 2.33. The number of anilines is 1. The Kier molecular flexibility index (Phi) is 10.7. The van der Waals surface area contributed by atoms with E-state index in [0.717, 1.165) is 27.3 Å². The number of hydrogen-bond donors (Lipinski definition) is 1. The minimum Gasteiger partial charge on any atom is -0.497 e. The molecule has 0 aromatic heterocycles. The first-order chi connectivity index (χ1) is 19.0. The summed E-state index contributed by atoms with van der Waals surface area (Å²) in [6.45, 7) is 6.08. The van der Waals surface area contributed by atoms with Gasteiger partial charge in [0.25, 0.3) is 0 Å². The molecular formula is C31H39N3O5S. The molecule has 8 nitrogen and oxygen atoms in total. The second kappa shape index (κ2) is 14.0. The lowest BCUT2D eigenvalue weighted by Crippen LogP contribution is -2.53. The maximum absolute atomic E-state index is 14.1. The Balaban J connectivity index is 2.06. The number of nitrogens with zero attached hydrogens (tertiary/aromatic N) is 2. The Morgan fingerprint density at radius 2 is 1.62 bits per heavy atom. The van der Waals surface area contributed by atoms with Crippen molar-refractivity contribution in [2.24, 2.45) is 5.92 Å². The van der Waals surface area contributed by atoms with Gasteiger partial charge in [0, 0.05) is 25.6 Å². The minimum absolute atomic E-state index is 0.147. The lowest BCUT2D eigenvalue weighted by molar-refractivity contribution is -0.140. The topological polar surface area (TPSA) is 96.0 Å². The monoisotopic (exact) mass is 565 g/mol. The molecule has 2 amide bonds. The molecule has 0 radical (unpaired) electrons. The minimum atomic E-state index is -3.85. The van der Waals surface area contributed by atoms with Crippen molar-refractivity contribution in [3.8, 4) is 5.75 Å². The summed E-state index contributed by atoms with van der Waals surface area (Å²) >= 11 is 0. The molecule has 40 heavy (non-hydrogen) atoms. The summed E-state index contributed by atoms with van der Waals surface area (Å²) in [5.74, 6) is -0.0927. The summed E-state index contributed by atoms with van der Waals surface area (Å²) in [5.41, 5.74) is 3.03. The van der Waals surface area contributed by atoms with Gasteiger partial charge in [0.2, 0.25) is 21.8 Å². The van der Waals surface area contributed by atoms with Crippen LogP contribution in [0.4, 0.5) is 5.69 Å². The van der Waals surface area contributed by atoms with Gasteiger partial charge < -0.3 is 15.0 Å². The van der Waals surface area contributed by atoms with Crippen LogP contribution < -0.4 is 14.4 Å². The van der Waals surface area contributed by atoms with E-state index in [1.807, 2.05) is 75.4 Å². The Labute approximate surface area is 238 Å². The van der Waals surface area contributed by atoms with Crippen molar-refractivity contribution >= 4 is 27.5 Å². The fourth-order valence-electron chi connectivity index (χ4n) is 4.33. The number of sulfonamides is 1. The van der Waals surface area contributed by atoms with Gasteiger partial charge in [-0.05, 0) is 41.7 Å². The van der Waals surface area contributed by atoms with Gasteiger partial charge in [-0.2, -0.15) is 0 Å². The van der Waals surface area contributed by atoms with Crippen molar-refractivity contribution in [1.29, 1.82) is 0 Å². The largest absolute Gasteiger partial charge is 0.497 e. The van der Waals surface area contributed by atoms with Gasteiger partial charge in [0.1, 0.15) is 18.3 Å². The molecule has 0 aliphatic heterocycles. The molecule has 0 aliphatic rings. The SMILES string of the molecule is COc1cccc(N(CC(=O)N(Cc2ccccc2C)[C@@H](Cc2ccccc2)C(=O)NCC(C)C)S(C)(=O)=O)c1. The molecule has 0 unspecified atom stereocenters. The van der Waals surface area contributed by atoms with Crippen LogP contribution in [0, 0.1) is 12.8 Å². The smallest absolute Gasteiger partial charge is 0.244 e. The van der Waals surface area contributed by atoms with Crippen molar-refractivity contribution in [3.05, 3.63) is 95.6 Å². The van der Waals surface area contributed by atoms with E-state index in [2.05, 4.69) is 5.32 Å². The Morgan fingerprint density at radius 3 is 2.25 bits per heavy atom. The van der Waals surface area contributed by atoms with E-state index < -0.39 is 28.5 Å². The predicted octanol–water partition coefficient (Wildman–Crippen LogP) is 4.18. The summed E-state index contributed by atoms with van der Waals surface area (Å²) < 4.78 is 32.1. The highest BCUT2D eigenvalue weighted by molar-refractivity contribution is 7.92. The van der Waals surface area contributed by atoms with Crippen LogP contribution in [0.3, 0.4) is 0 Å². The predicted molar refractivity (Wildman–Crippen MR) is 159 cm³/mol. The molecular weight excluding hydrogens is 526 g/mol. The van der Waals surface area contributed by atoms with Gasteiger partial charge in [-0.3, -0.25) is 13.9 Å². The van der Waals surface area contributed by atoms with Crippen molar-refractivity contribution in [1.82, 2.24) is 10.2 Å². The molecule has 0 fully saturated rings. The van der Waals surface area contributed by atoms with Crippen LogP contribution in [-0.4, -0.2) is 57.6 Å². The maximum Gasteiger partial charge on any atom is 0.244 e. The first-order valence-corrected chi connectivity index (χ1v) is 15.1. The molecule has 3 aromatic carbocycles. The Hall–Kier alpha value is -3.85. The van der Waals surface area contributed by atoms with E-state index in [-0.39, 0.29) is 24.8 Å². The first kappa shape index (κ1) is 30.7. The van der Waals surface area contributed by atoms with Crippen LogP contribution >= 0.6 is 0 Å². The van der Waals surface area contributed by atoms with Gasteiger partial charge in [-0.1, -0.05) is 74.5 Å². The number of hydrogen-bond acceptors (Lipinski definition) is 5. The maximum atomic E-state index is 14.1. The number of nitrogens with one attached hydrogen (secondary N) is 1.